The van der Waals surface area contributed by atoms with Crippen molar-refractivity contribution in [2.75, 3.05) is 17.7 Å². The van der Waals surface area contributed by atoms with Gasteiger partial charge in [0.25, 0.3) is 0 Å². The lowest BCUT2D eigenvalue weighted by Gasteiger charge is -2.09. The summed E-state index contributed by atoms with van der Waals surface area (Å²) in [7, 11) is 1.85. The topological polar surface area (TPSA) is 49.8 Å². The smallest absolute Gasteiger partial charge is 0.224 e. The summed E-state index contributed by atoms with van der Waals surface area (Å²) >= 11 is 0. The first-order chi connectivity index (χ1) is 9.35. The van der Waals surface area contributed by atoms with Gasteiger partial charge >= 0.3 is 0 Å². The fourth-order valence-corrected chi connectivity index (χ4v) is 2.05. The maximum atomic E-state index is 4.51. The first-order valence-corrected chi connectivity index (χ1v) is 6.69. The van der Waals surface area contributed by atoms with Crippen LogP contribution in [0, 0.1) is 0 Å². The van der Waals surface area contributed by atoms with Crippen LogP contribution in [0.4, 0.5) is 11.8 Å². The van der Waals surface area contributed by atoms with E-state index in [0.29, 0.717) is 11.9 Å². The van der Waals surface area contributed by atoms with Crippen LogP contribution < -0.4 is 10.6 Å². The highest BCUT2D eigenvalue weighted by Gasteiger charge is 2.26. The van der Waals surface area contributed by atoms with Gasteiger partial charge in [0.1, 0.15) is 5.82 Å². The number of benzene rings is 1. The summed E-state index contributed by atoms with van der Waals surface area (Å²) in [5, 5.41) is 6.39. The Kier molecular flexibility index (Phi) is 3.31. The molecule has 0 atom stereocenters. The Morgan fingerprint density at radius 3 is 2.63 bits per heavy atom. The van der Waals surface area contributed by atoms with Gasteiger partial charge in [-0.1, -0.05) is 30.3 Å². The molecule has 0 spiro atoms. The molecule has 1 fully saturated rings. The van der Waals surface area contributed by atoms with Crippen LogP contribution in [0.15, 0.2) is 36.4 Å². The van der Waals surface area contributed by atoms with Crippen LogP contribution in [0.5, 0.6) is 0 Å². The van der Waals surface area contributed by atoms with Crippen LogP contribution in [0.3, 0.4) is 0 Å². The van der Waals surface area contributed by atoms with E-state index in [1.807, 2.05) is 25.2 Å². The molecule has 4 heteroatoms. The lowest BCUT2D eigenvalue weighted by Crippen LogP contribution is -2.06. The number of hydrogen-bond donors (Lipinski definition) is 2. The third-order valence-corrected chi connectivity index (χ3v) is 3.28. The van der Waals surface area contributed by atoms with E-state index in [2.05, 4.69) is 38.8 Å². The molecule has 1 saturated carbocycles. The SMILES string of the molecule is CNc1nc(NCc2ccccc2)cc(C2CC2)n1. The van der Waals surface area contributed by atoms with Gasteiger partial charge in [0.05, 0.1) is 5.69 Å². The molecule has 0 unspecified atom stereocenters. The molecule has 1 heterocycles. The van der Waals surface area contributed by atoms with Gasteiger partial charge in [-0.2, -0.15) is 4.98 Å². The average molecular weight is 254 g/mol. The second-order valence-electron chi connectivity index (χ2n) is 4.87. The fraction of sp³-hybridized carbons (Fsp3) is 0.333. The van der Waals surface area contributed by atoms with Crippen LogP contribution in [0.25, 0.3) is 0 Å². The molecule has 1 aromatic heterocycles. The highest BCUT2D eigenvalue weighted by atomic mass is 15.1. The quantitative estimate of drug-likeness (QED) is 0.861. The molecular weight excluding hydrogens is 236 g/mol. The Balaban J connectivity index is 1.74. The molecule has 1 aliphatic rings. The van der Waals surface area contributed by atoms with Crippen LogP contribution in [-0.4, -0.2) is 17.0 Å². The standard InChI is InChI=1S/C15H18N4/c1-16-15-18-13(12-7-8-12)9-14(19-15)17-10-11-5-3-2-4-6-11/h2-6,9,12H,7-8,10H2,1H3,(H2,16,17,18,19). The molecule has 0 bridgehead atoms. The minimum Gasteiger partial charge on any atom is -0.366 e. The summed E-state index contributed by atoms with van der Waals surface area (Å²) in [5.74, 6) is 2.22. The Morgan fingerprint density at radius 1 is 1.16 bits per heavy atom. The van der Waals surface area contributed by atoms with Gasteiger partial charge in [-0.15, -0.1) is 0 Å². The summed E-state index contributed by atoms with van der Waals surface area (Å²) in [4.78, 5) is 8.95. The van der Waals surface area contributed by atoms with Gasteiger partial charge in [-0.3, -0.25) is 0 Å². The van der Waals surface area contributed by atoms with Crippen LogP contribution in [0.1, 0.15) is 30.0 Å². The molecule has 1 aromatic carbocycles. The first-order valence-electron chi connectivity index (χ1n) is 6.69. The van der Waals surface area contributed by atoms with E-state index in [0.717, 1.165) is 18.1 Å². The molecule has 0 amide bonds. The highest BCUT2D eigenvalue weighted by Crippen LogP contribution is 2.39. The summed E-state index contributed by atoms with van der Waals surface area (Å²) in [6.45, 7) is 0.783. The van der Waals surface area contributed by atoms with Gasteiger partial charge in [-0.05, 0) is 18.4 Å². The predicted molar refractivity (Wildman–Crippen MR) is 77.3 cm³/mol. The predicted octanol–water partition coefficient (Wildman–Crippen LogP) is 3.01. The third-order valence-electron chi connectivity index (χ3n) is 3.28. The Morgan fingerprint density at radius 2 is 1.95 bits per heavy atom. The zero-order valence-electron chi connectivity index (χ0n) is 11.1. The van der Waals surface area contributed by atoms with Gasteiger partial charge < -0.3 is 10.6 Å². The molecule has 2 N–H and O–H groups in total. The zero-order chi connectivity index (χ0) is 13.1. The number of rotatable bonds is 5. The van der Waals surface area contributed by atoms with Crippen molar-refractivity contribution in [3.8, 4) is 0 Å². The summed E-state index contributed by atoms with van der Waals surface area (Å²) in [6.07, 6.45) is 2.50. The van der Waals surface area contributed by atoms with Gasteiger partial charge in [0.2, 0.25) is 5.95 Å². The number of hydrogen-bond acceptors (Lipinski definition) is 4. The van der Waals surface area contributed by atoms with Crippen molar-refractivity contribution in [2.45, 2.75) is 25.3 Å². The molecule has 0 saturated heterocycles. The molecule has 4 nitrogen and oxygen atoms in total. The summed E-state index contributed by atoms with van der Waals surface area (Å²) in [5.41, 5.74) is 2.40. The van der Waals surface area contributed by atoms with E-state index in [9.17, 15) is 0 Å². The lowest BCUT2D eigenvalue weighted by atomic mass is 10.2. The fourth-order valence-electron chi connectivity index (χ4n) is 2.05. The van der Waals surface area contributed by atoms with Crippen molar-refractivity contribution >= 4 is 11.8 Å². The molecular formula is C15H18N4. The molecule has 19 heavy (non-hydrogen) atoms. The largest absolute Gasteiger partial charge is 0.366 e. The van der Waals surface area contributed by atoms with E-state index in [1.54, 1.807) is 0 Å². The first kappa shape index (κ1) is 12.0. The molecule has 0 aliphatic heterocycles. The maximum Gasteiger partial charge on any atom is 0.224 e. The van der Waals surface area contributed by atoms with E-state index < -0.39 is 0 Å². The second-order valence-corrected chi connectivity index (χ2v) is 4.87. The zero-order valence-corrected chi connectivity index (χ0v) is 11.1. The Hall–Kier alpha value is -2.10. The lowest BCUT2D eigenvalue weighted by molar-refractivity contribution is 0.979. The average Bonchev–Trinajstić information content (AvgIpc) is 3.30. The molecule has 0 radical (unpaired) electrons. The van der Waals surface area contributed by atoms with Crippen molar-refractivity contribution in [3.63, 3.8) is 0 Å². The maximum absolute atomic E-state index is 4.51. The normalized spacial score (nSPS) is 14.2. The van der Waals surface area contributed by atoms with Crippen molar-refractivity contribution in [1.82, 2.24) is 9.97 Å². The van der Waals surface area contributed by atoms with E-state index >= 15 is 0 Å². The van der Waals surface area contributed by atoms with Crippen LogP contribution in [0.2, 0.25) is 0 Å². The Labute approximate surface area is 113 Å². The van der Waals surface area contributed by atoms with E-state index in [1.165, 1.54) is 18.4 Å². The number of nitrogens with one attached hydrogen (secondary N) is 2. The third kappa shape index (κ3) is 3.02. The van der Waals surface area contributed by atoms with E-state index in [-0.39, 0.29) is 0 Å². The molecule has 98 valence electrons. The summed E-state index contributed by atoms with van der Waals surface area (Å²) in [6, 6.07) is 12.4. The van der Waals surface area contributed by atoms with Crippen molar-refractivity contribution in [1.29, 1.82) is 0 Å². The van der Waals surface area contributed by atoms with Crippen molar-refractivity contribution in [3.05, 3.63) is 47.7 Å². The van der Waals surface area contributed by atoms with Gasteiger partial charge in [-0.25, -0.2) is 4.98 Å². The van der Waals surface area contributed by atoms with Gasteiger partial charge in [0.15, 0.2) is 0 Å². The Bertz CT molecular complexity index is 549. The molecule has 3 rings (SSSR count). The summed E-state index contributed by atoms with van der Waals surface area (Å²) < 4.78 is 0. The monoisotopic (exact) mass is 254 g/mol. The van der Waals surface area contributed by atoms with Crippen molar-refractivity contribution < 1.29 is 0 Å². The van der Waals surface area contributed by atoms with Gasteiger partial charge in [0, 0.05) is 25.6 Å². The van der Waals surface area contributed by atoms with Crippen molar-refractivity contribution in [2.24, 2.45) is 0 Å². The van der Waals surface area contributed by atoms with E-state index in [4.69, 9.17) is 0 Å². The molecule has 2 aromatic rings. The molecule has 1 aliphatic carbocycles. The van der Waals surface area contributed by atoms with Crippen LogP contribution in [-0.2, 0) is 6.54 Å². The minimum atomic E-state index is 0.632. The number of aromatic nitrogens is 2. The minimum absolute atomic E-state index is 0.632. The highest BCUT2D eigenvalue weighted by molar-refractivity contribution is 5.44. The number of anilines is 2. The second kappa shape index (κ2) is 5.26. The number of nitrogens with zero attached hydrogens (tertiary/aromatic N) is 2. The van der Waals surface area contributed by atoms with Crippen LogP contribution >= 0.6 is 0 Å².